The molecule has 0 nitrogen and oxygen atoms in total. The molecule has 0 aromatic heterocycles. The Morgan fingerprint density at radius 2 is 2.25 bits per heavy atom. The molecular weight excluding hydrogens is 175 g/mol. The summed E-state index contributed by atoms with van der Waals surface area (Å²) in [4.78, 5) is 0. The Morgan fingerprint density at radius 1 is 1.58 bits per heavy atom. The molecule has 0 fully saturated rings. The van der Waals surface area contributed by atoms with Gasteiger partial charge >= 0.3 is 0 Å². The van der Waals surface area contributed by atoms with Crippen molar-refractivity contribution in [2.45, 2.75) is 13.3 Å². The normalized spacial score (nSPS) is 9.92. The highest BCUT2D eigenvalue weighted by Crippen LogP contribution is 2.15. The van der Waals surface area contributed by atoms with E-state index in [-0.39, 0.29) is 5.82 Å². The maximum Gasteiger partial charge on any atom is 0.123 e. The molecule has 1 aromatic carbocycles. The summed E-state index contributed by atoms with van der Waals surface area (Å²) in [5.41, 5.74) is 1.94. The van der Waals surface area contributed by atoms with Gasteiger partial charge in [-0.15, -0.1) is 0 Å². The van der Waals surface area contributed by atoms with Crippen LogP contribution in [0.1, 0.15) is 11.1 Å². The van der Waals surface area contributed by atoms with Gasteiger partial charge in [0.05, 0.1) is 0 Å². The van der Waals surface area contributed by atoms with Gasteiger partial charge in [0.2, 0.25) is 0 Å². The van der Waals surface area contributed by atoms with Gasteiger partial charge in [0.1, 0.15) is 5.82 Å². The summed E-state index contributed by atoms with van der Waals surface area (Å²) in [5.74, 6) is -0.228. The van der Waals surface area contributed by atoms with Crippen molar-refractivity contribution in [2.75, 3.05) is 0 Å². The number of hydrogen-bond donors (Lipinski definition) is 0. The fourth-order valence-corrected chi connectivity index (χ4v) is 1.18. The summed E-state index contributed by atoms with van der Waals surface area (Å²) < 4.78 is 12.7. The largest absolute Gasteiger partial charge is 0.207 e. The van der Waals surface area contributed by atoms with Crippen LogP contribution in [0.25, 0.3) is 0 Å². The van der Waals surface area contributed by atoms with Gasteiger partial charge in [0, 0.05) is 11.5 Å². The fourth-order valence-electron chi connectivity index (χ4n) is 1.04. The number of benzene rings is 1. The molecular formula is C10H10ClF. The second kappa shape index (κ2) is 3.72. The van der Waals surface area contributed by atoms with Gasteiger partial charge in [-0.1, -0.05) is 24.2 Å². The van der Waals surface area contributed by atoms with E-state index in [1.807, 2.05) is 6.92 Å². The number of halogens is 2. The highest BCUT2D eigenvalue weighted by molar-refractivity contribution is 6.29. The molecule has 0 saturated heterocycles. The van der Waals surface area contributed by atoms with E-state index < -0.39 is 0 Å². The van der Waals surface area contributed by atoms with E-state index in [9.17, 15) is 4.39 Å². The van der Waals surface area contributed by atoms with E-state index in [1.54, 1.807) is 6.07 Å². The molecule has 0 saturated carbocycles. The molecule has 0 unspecified atom stereocenters. The monoisotopic (exact) mass is 184 g/mol. The van der Waals surface area contributed by atoms with Crippen molar-refractivity contribution in [1.29, 1.82) is 0 Å². The molecule has 0 heterocycles. The zero-order chi connectivity index (χ0) is 9.14. The number of aryl methyl sites for hydroxylation is 1. The fraction of sp³-hybridized carbons (Fsp3) is 0.200. The van der Waals surface area contributed by atoms with E-state index in [2.05, 4.69) is 6.58 Å². The van der Waals surface area contributed by atoms with Gasteiger partial charge in [0.15, 0.2) is 0 Å². The molecule has 12 heavy (non-hydrogen) atoms. The van der Waals surface area contributed by atoms with Crippen LogP contribution in [0.15, 0.2) is 29.8 Å². The lowest BCUT2D eigenvalue weighted by molar-refractivity contribution is 0.625. The number of allylic oxidation sites excluding steroid dienone is 1. The third-order valence-corrected chi connectivity index (χ3v) is 1.83. The molecule has 0 radical (unpaired) electrons. The Hall–Kier alpha value is -0.820. The zero-order valence-corrected chi connectivity index (χ0v) is 7.66. The van der Waals surface area contributed by atoms with Gasteiger partial charge in [-0.3, -0.25) is 0 Å². The molecule has 0 aliphatic rings. The number of hydrogen-bond acceptors (Lipinski definition) is 0. The maximum atomic E-state index is 12.7. The molecule has 0 aliphatic carbocycles. The van der Waals surface area contributed by atoms with E-state index in [1.165, 1.54) is 12.1 Å². The smallest absolute Gasteiger partial charge is 0.123 e. The highest BCUT2D eigenvalue weighted by Gasteiger charge is 2.00. The van der Waals surface area contributed by atoms with Crippen LogP contribution in [0, 0.1) is 12.7 Å². The van der Waals surface area contributed by atoms with Crippen molar-refractivity contribution < 1.29 is 4.39 Å². The van der Waals surface area contributed by atoms with Crippen LogP contribution < -0.4 is 0 Å². The predicted octanol–water partition coefficient (Wildman–Crippen LogP) is 3.43. The summed E-state index contributed by atoms with van der Waals surface area (Å²) in [7, 11) is 0. The SMILES string of the molecule is C=C(Cl)Cc1cc(F)ccc1C. The molecule has 64 valence electrons. The van der Waals surface area contributed by atoms with Crippen LogP contribution in [0.5, 0.6) is 0 Å². The summed E-state index contributed by atoms with van der Waals surface area (Å²) >= 11 is 5.62. The molecule has 0 bridgehead atoms. The van der Waals surface area contributed by atoms with E-state index >= 15 is 0 Å². The summed E-state index contributed by atoms with van der Waals surface area (Å²) in [6.45, 7) is 5.49. The van der Waals surface area contributed by atoms with Gasteiger partial charge in [-0.2, -0.15) is 0 Å². The molecule has 2 heteroatoms. The third kappa shape index (κ3) is 2.35. The van der Waals surface area contributed by atoms with Gasteiger partial charge < -0.3 is 0 Å². The molecule has 0 spiro atoms. The topological polar surface area (TPSA) is 0 Å². The molecule has 0 amide bonds. The van der Waals surface area contributed by atoms with E-state index in [0.29, 0.717) is 11.5 Å². The van der Waals surface area contributed by atoms with E-state index in [4.69, 9.17) is 11.6 Å². The van der Waals surface area contributed by atoms with Gasteiger partial charge in [-0.05, 0) is 30.2 Å². The first-order chi connectivity index (χ1) is 5.59. The average molecular weight is 185 g/mol. The van der Waals surface area contributed by atoms with Crippen LogP contribution in [-0.4, -0.2) is 0 Å². The summed E-state index contributed by atoms with van der Waals surface area (Å²) in [5, 5.41) is 0.531. The molecule has 0 aliphatic heterocycles. The van der Waals surface area contributed by atoms with Gasteiger partial charge in [0.25, 0.3) is 0 Å². The van der Waals surface area contributed by atoms with Crippen LogP contribution in [0.4, 0.5) is 4.39 Å². The summed E-state index contributed by atoms with van der Waals surface area (Å²) in [6, 6.07) is 4.67. The van der Waals surface area contributed by atoms with Crippen LogP contribution in [0.3, 0.4) is 0 Å². The van der Waals surface area contributed by atoms with E-state index in [0.717, 1.165) is 11.1 Å². The van der Waals surface area contributed by atoms with Crippen LogP contribution in [-0.2, 0) is 6.42 Å². The zero-order valence-electron chi connectivity index (χ0n) is 6.90. The van der Waals surface area contributed by atoms with Crippen molar-refractivity contribution in [3.05, 3.63) is 46.8 Å². The Kier molecular flexibility index (Phi) is 2.88. The first-order valence-electron chi connectivity index (χ1n) is 3.68. The average Bonchev–Trinajstić information content (AvgIpc) is 1.96. The standard InChI is InChI=1S/C10H10ClF/c1-7-3-4-10(12)6-9(7)5-8(2)11/h3-4,6H,2,5H2,1H3. The summed E-state index contributed by atoms with van der Waals surface area (Å²) in [6.07, 6.45) is 0.533. The second-order valence-electron chi connectivity index (χ2n) is 2.76. The van der Waals surface area contributed by atoms with Crippen LogP contribution >= 0.6 is 11.6 Å². The molecule has 0 N–H and O–H groups in total. The Morgan fingerprint density at radius 3 is 2.83 bits per heavy atom. The molecule has 1 aromatic rings. The Balaban J connectivity index is 2.97. The van der Waals surface area contributed by atoms with Gasteiger partial charge in [-0.25, -0.2) is 4.39 Å². The lowest BCUT2D eigenvalue weighted by Gasteiger charge is -2.03. The lowest BCUT2D eigenvalue weighted by atomic mass is 10.1. The quantitative estimate of drug-likeness (QED) is 0.661. The first-order valence-corrected chi connectivity index (χ1v) is 4.05. The van der Waals surface area contributed by atoms with Crippen molar-refractivity contribution in [2.24, 2.45) is 0 Å². The maximum absolute atomic E-state index is 12.7. The predicted molar refractivity (Wildman–Crippen MR) is 49.8 cm³/mol. The Labute approximate surface area is 76.7 Å². The highest BCUT2D eigenvalue weighted by atomic mass is 35.5. The van der Waals surface area contributed by atoms with Crippen molar-refractivity contribution in [1.82, 2.24) is 0 Å². The van der Waals surface area contributed by atoms with Crippen molar-refractivity contribution >= 4 is 11.6 Å². The van der Waals surface area contributed by atoms with Crippen molar-refractivity contribution in [3.8, 4) is 0 Å². The molecule has 1 rings (SSSR count). The Bertz CT molecular complexity index is 305. The second-order valence-corrected chi connectivity index (χ2v) is 3.30. The van der Waals surface area contributed by atoms with Crippen LogP contribution in [0.2, 0.25) is 0 Å². The lowest BCUT2D eigenvalue weighted by Crippen LogP contribution is -1.90. The first kappa shape index (κ1) is 9.27. The molecule has 0 atom stereocenters. The number of rotatable bonds is 2. The van der Waals surface area contributed by atoms with Crippen molar-refractivity contribution in [3.63, 3.8) is 0 Å². The minimum Gasteiger partial charge on any atom is -0.207 e. The minimum atomic E-state index is -0.228. The minimum absolute atomic E-state index is 0.228. The third-order valence-electron chi connectivity index (χ3n) is 1.69.